The summed E-state index contributed by atoms with van der Waals surface area (Å²) in [4.78, 5) is 48.2. The topological polar surface area (TPSA) is 128 Å². The van der Waals surface area contributed by atoms with E-state index < -0.39 is 5.91 Å². The number of amides is 1. The number of hydrogen-bond donors (Lipinski definition) is 2. The van der Waals surface area contributed by atoms with Crippen molar-refractivity contribution in [1.82, 2.24) is 29.3 Å². The second-order valence-electron chi connectivity index (χ2n) is 6.79. The van der Waals surface area contributed by atoms with E-state index in [-0.39, 0.29) is 17.7 Å². The Labute approximate surface area is 173 Å². The summed E-state index contributed by atoms with van der Waals surface area (Å²) in [7, 11) is 0. The Kier molecular flexibility index (Phi) is 4.36. The fourth-order valence-electron chi connectivity index (χ4n) is 3.36. The number of nitrogens with zero attached hydrogens (tertiary/aromatic N) is 5. The van der Waals surface area contributed by atoms with E-state index in [4.69, 9.17) is 0 Å². The van der Waals surface area contributed by atoms with Crippen LogP contribution in [0.3, 0.4) is 0 Å². The van der Waals surface area contributed by atoms with Crippen molar-refractivity contribution in [2.75, 3.05) is 5.32 Å². The van der Waals surface area contributed by atoms with Crippen molar-refractivity contribution < 1.29 is 4.79 Å². The van der Waals surface area contributed by atoms with E-state index in [9.17, 15) is 14.4 Å². The SMILES string of the molecule is O=C(Cn1cnc2ccccc2c1=O)Nc1ccccc1-n1ncc2c(=O)[nH]cnc21. The van der Waals surface area contributed by atoms with Crippen LogP contribution in [0.4, 0.5) is 5.69 Å². The first-order chi connectivity index (χ1) is 15.1. The van der Waals surface area contributed by atoms with Gasteiger partial charge in [0, 0.05) is 0 Å². The minimum Gasteiger partial charge on any atom is -0.323 e. The summed E-state index contributed by atoms with van der Waals surface area (Å²) < 4.78 is 2.73. The van der Waals surface area contributed by atoms with Crippen molar-refractivity contribution in [1.29, 1.82) is 0 Å². The number of fused-ring (bicyclic) bond motifs is 2. The van der Waals surface area contributed by atoms with Gasteiger partial charge in [-0.15, -0.1) is 0 Å². The highest BCUT2D eigenvalue weighted by Gasteiger charge is 2.14. The van der Waals surface area contributed by atoms with Crippen LogP contribution in [0.1, 0.15) is 0 Å². The predicted octanol–water partition coefficient (Wildman–Crippen LogP) is 1.46. The molecular formula is C21H15N7O3. The molecule has 31 heavy (non-hydrogen) atoms. The van der Waals surface area contributed by atoms with Gasteiger partial charge >= 0.3 is 0 Å². The van der Waals surface area contributed by atoms with Gasteiger partial charge in [0.25, 0.3) is 11.1 Å². The van der Waals surface area contributed by atoms with E-state index >= 15 is 0 Å². The lowest BCUT2D eigenvalue weighted by molar-refractivity contribution is -0.116. The van der Waals surface area contributed by atoms with E-state index in [0.29, 0.717) is 33.3 Å². The fourth-order valence-corrected chi connectivity index (χ4v) is 3.36. The Morgan fingerprint density at radius 1 is 1.00 bits per heavy atom. The molecule has 5 aromatic rings. The zero-order chi connectivity index (χ0) is 21.4. The second-order valence-corrected chi connectivity index (χ2v) is 6.79. The molecule has 0 aliphatic heterocycles. The summed E-state index contributed by atoms with van der Waals surface area (Å²) in [6, 6.07) is 13.9. The zero-order valence-corrected chi connectivity index (χ0v) is 16.0. The molecule has 10 nitrogen and oxygen atoms in total. The number of rotatable bonds is 4. The van der Waals surface area contributed by atoms with Gasteiger partial charge in [-0.05, 0) is 24.3 Å². The number of aromatic amines is 1. The van der Waals surface area contributed by atoms with Gasteiger partial charge in [0.15, 0.2) is 5.65 Å². The van der Waals surface area contributed by atoms with E-state index in [1.54, 1.807) is 48.5 Å². The van der Waals surface area contributed by atoms with Gasteiger partial charge in [-0.3, -0.25) is 19.0 Å². The average molecular weight is 413 g/mol. The van der Waals surface area contributed by atoms with Crippen LogP contribution in [0.15, 0.2) is 77.0 Å². The first-order valence-corrected chi connectivity index (χ1v) is 9.37. The molecule has 0 aliphatic rings. The molecule has 5 rings (SSSR count). The Balaban J connectivity index is 1.47. The van der Waals surface area contributed by atoms with Crippen LogP contribution in [0, 0.1) is 0 Å². The molecule has 0 bridgehead atoms. The molecule has 0 atom stereocenters. The highest BCUT2D eigenvalue weighted by atomic mass is 16.2. The molecule has 0 saturated heterocycles. The third kappa shape index (κ3) is 3.25. The maximum absolute atomic E-state index is 12.7. The molecule has 0 unspecified atom stereocenters. The molecule has 0 saturated carbocycles. The smallest absolute Gasteiger partial charge is 0.261 e. The minimum atomic E-state index is -0.408. The van der Waals surface area contributed by atoms with Crippen LogP contribution >= 0.6 is 0 Å². The predicted molar refractivity (Wildman–Crippen MR) is 114 cm³/mol. The lowest BCUT2D eigenvalue weighted by atomic mass is 10.2. The fraction of sp³-hybridized carbons (Fsp3) is 0.0476. The number of nitrogens with one attached hydrogen (secondary N) is 2. The number of benzene rings is 2. The maximum atomic E-state index is 12.7. The molecule has 10 heteroatoms. The van der Waals surface area contributed by atoms with Crippen molar-refractivity contribution in [2.24, 2.45) is 0 Å². The molecule has 1 amide bonds. The number of carbonyl (C=O) groups excluding carboxylic acids is 1. The molecule has 3 aromatic heterocycles. The van der Waals surface area contributed by atoms with Crippen LogP contribution in [0.25, 0.3) is 27.6 Å². The van der Waals surface area contributed by atoms with E-state index in [0.717, 1.165) is 0 Å². The molecule has 0 aliphatic carbocycles. The quantitative estimate of drug-likeness (QED) is 0.459. The summed E-state index contributed by atoms with van der Waals surface area (Å²) >= 11 is 0. The van der Waals surface area contributed by atoms with Gasteiger partial charge < -0.3 is 10.3 Å². The highest BCUT2D eigenvalue weighted by molar-refractivity contribution is 5.93. The summed E-state index contributed by atoms with van der Waals surface area (Å²) in [6.45, 7) is -0.206. The van der Waals surface area contributed by atoms with E-state index in [2.05, 4.69) is 25.4 Å². The van der Waals surface area contributed by atoms with Gasteiger partial charge in [-0.25, -0.2) is 14.6 Å². The molecular weight excluding hydrogens is 398 g/mol. The molecule has 3 heterocycles. The van der Waals surface area contributed by atoms with Crippen LogP contribution < -0.4 is 16.4 Å². The largest absolute Gasteiger partial charge is 0.323 e. The molecule has 0 fully saturated rings. The standard InChI is InChI=1S/C21H15N7O3/c29-18(10-27-12-24-15-6-2-1-5-13(15)21(27)31)26-16-7-3-4-8-17(16)28-19-14(9-25-28)20(30)23-11-22-19/h1-9,11-12H,10H2,(H,26,29)(H,22,23,30). The van der Waals surface area contributed by atoms with Crippen LogP contribution in [0.2, 0.25) is 0 Å². The summed E-state index contributed by atoms with van der Waals surface area (Å²) in [5.74, 6) is -0.408. The first-order valence-electron chi connectivity index (χ1n) is 9.37. The number of aromatic nitrogens is 6. The van der Waals surface area contributed by atoms with Crippen LogP contribution in [0.5, 0.6) is 0 Å². The molecule has 0 radical (unpaired) electrons. The Hall–Kier alpha value is -4.60. The first kappa shape index (κ1) is 18.4. The Morgan fingerprint density at radius 3 is 2.71 bits per heavy atom. The number of carbonyl (C=O) groups is 1. The Bertz CT molecular complexity index is 1560. The van der Waals surface area contributed by atoms with Gasteiger partial charge in [-0.2, -0.15) is 5.10 Å². The van der Waals surface area contributed by atoms with E-state index in [1.165, 1.54) is 28.1 Å². The number of H-pyrrole nitrogens is 1. The van der Waals surface area contributed by atoms with Gasteiger partial charge in [0.2, 0.25) is 5.91 Å². The van der Waals surface area contributed by atoms with Crippen molar-refractivity contribution >= 4 is 33.5 Å². The molecule has 2 aromatic carbocycles. The monoisotopic (exact) mass is 413 g/mol. The lowest BCUT2D eigenvalue weighted by Crippen LogP contribution is -2.28. The third-order valence-corrected chi connectivity index (χ3v) is 4.82. The maximum Gasteiger partial charge on any atom is 0.261 e. The third-order valence-electron chi connectivity index (χ3n) is 4.82. The summed E-state index contributed by atoms with van der Waals surface area (Å²) in [6.07, 6.45) is 4.07. The van der Waals surface area contributed by atoms with Gasteiger partial charge in [0.05, 0.1) is 41.1 Å². The van der Waals surface area contributed by atoms with Gasteiger partial charge in [0.1, 0.15) is 11.9 Å². The highest BCUT2D eigenvalue weighted by Crippen LogP contribution is 2.22. The summed E-state index contributed by atoms with van der Waals surface area (Å²) in [5, 5.41) is 7.82. The van der Waals surface area contributed by atoms with Crippen molar-refractivity contribution in [3.63, 3.8) is 0 Å². The second kappa shape index (κ2) is 7.34. The van der Waals surface area contributed by atoms with Crippen molar-refractivity contribution in [3.05, 3.63) is 88.1 Å². The lowest BCUT2D eigenvalue weighted by Gasteiger charge is -2.12. The van der Waals surface area contributed by atoms with Gasteiger partial charge in [-0.1, -0.05) is 24.3 Å². The number of anilines is 1. The number of para-hydroxylation sites is 3. The van der Waals surface area contributed by atoms with Crippen LogP contribution in [-0.2, 0) is 11.3 Å². The van der Waals surface area contributed by atoms with Crippen LogP contribution in [-0.4, -0.2) is 35.2 Å². The molecule has 152 valence electrons. The van der Waals surface area contributed by atoms with E-state index in [1.807, 2.05) is 0 Å². The molecule has 2 N–H and O–H groups in total. The molecule has 0 spiro atoms. The Morgan fingerprint density at radius 2 is 1.81 bits per heavy atom. The number of hydrogen-bond acceptors (Lipinski definition) is 6. The average Bonchev–Trinajstić information content (AvgIpc) is 3.22. The zero-order valence-electron chi connectivity index (χ0n) is 16.0. The van der Waals surface area contributed by atoms with Crippen molar-refractivity contribution in [3.8, 4) is 5.69 Å². The summed E-state index contributed by atoms with van der Waals surface area (Å²) in [5.41, 5.74) is 1.33. The minimum absolute atomic E-state index is 0.206. The van der Waals surface area contributed by atoms with Crippen molar-refractivity contribution in [2.45, 2.75) is 6.54 Å². The normalized spacial score (nSPS) is 11.1.